The topological polar surface area (TPSA) is 80.5 Å². The van der Waals surface area contributed by atoms with Crippen molar-refractivity contribution in [1.82, 2.24) is 0 Å². The average molecular weight is 304 g/mol. The summed E-state index contributed by atoms with van der Waals surface area (Å²) in [5.74, 6) is -2.23. The first-order valence-corrected chi connectivity index (χ1v) is 7.57. The third-order valence-electron chi connectivity index (χ3n) is 3.23. The predicted molar refractivity (Wildman–Crippen MR) is 69.6 cm³/mol. The number of carbonyl (C=O) groups is 1. The Kier molecular flexibility index (Phi) is 4.05. The highest BCUT2D eigenvalue weighted by atomic mass is 32.3. The third kappa shape index (κ3) is 3.13. The van der Waals surface area contributed by atoms with E-state index in [0.29, 0.717) is 5.69 Å². The summed E-state index contributed by atoms with van der Waals surface area (Å²) in [5.41, 5.74) is 5.97. The molecule has 1 aliphatic heterocycles. The molecule has 0 bridgehead atoms. The number of nitrogens with two attached hydrogens (primary N) is 1. The van der Waals surface area contributed by atoms with Crippen molar-refractivity contribution in [3.8, 4) is 0 Å². The summed E-state index contributed by atoms with van der Waals surface area (Å²) in [6, 6.07) is 4.21. The molecule has 1 atom stereocenters. The van der Waals surface area contributed by atoms with E-state index in [0.717, 1.165) is 0 Å². The molecule has 1 aromatic rings. The van der Waals surface area contributed by atoms with Gasteiger partial charge in [-0.2, -0.15) is 8.42 Å². The summed E-state index contributed by atoms with van der Waals surface area (Å²) >= 11 is 0. The molecule has 0 saturated carbocycles. The maximum atomic E-state index is 13.6. The molecule has 1 fully saturated rings. The Morgan fingerprint density at radius 2 is 2.10 bits per heavy atom. The zero-order valence-electron chi connectivity index (χ0n) is 10.6. The van der Waals surface area contributed by atoms with Gasteiger partial charge in [0.15, 0.2) is 0 Å². The average Bonchev–Trinajstić information content (AvgIpc) is 2.67. The minimum Gasteiger partial charge on any atom is -0.326 e. The van der Waals surface area contributed by atoms with Crippen LogP contribution in [0.1, 0.15) is 12.0 Å². The van der Waals surface area contributed by atoms with Crippen molar-refractivity contribution in [2.75, 3.05) is 17.2 Å². The second kappa shape index (κ2) is 5.45. The SMILES string of the molecule is NCc1c(F)cccc1N1CC(CS(=O)(=O)F)CC1=O. The highest BCUT2D eigenvalue weighted by Gasteiger charge is 2.34. The van der Waals surface area contributed by atoms with Gasteiger partial charge >= 0.3 is 10.2 Å². The number of amides is 1. The molecule has 1 saturated heterocycles. The highest BCUT2D eigenvalue weighted by Crippen LogP contribution is 2.30. The fourth-order valence-electron chi connectivity index (χ4n) is 2.41. The van der Waals surface area contributed by atoms with E-state index in [9.17, 15) is 21.5 Å². The lowest BCUT2D eigenvalue weighted by Gasteiger charge is -2.20. The summed E-state index contributed by atoms with van der Waals surface area (Å²) in [5, 5.41) is 0. The van der Waals surface area contributed by atoms with Crippen LogP contribution in [0, 0.1) is 11.7 Å². The van der Waals surface area contributed by atoms with Gasteiger partial charge in [-0.3, -0.25) is 4.79 Å². The Morgan fingerprint density at radius 1 is 1.40 bits per heavy atom. The number of hydrogen-bond acceptors (Lipinski definition) is 4. The molecular weight excluding hydrogens is 290 g/mol. The fraction of sp³-hybridized carbons (Fsp3) is 0.417. The van der Waals surface area contributed by atoms with E-state index < -0.39 is 27.7 Å². The normalized spacial score (nSPS) is 19.6. The van der Waals surface area contributed by atoms with Crippen molar-refractivity contribution in [3.63, 3.8) is 0 Å². The van der Waals surface area contributed by atoms with Gasteiger partial charge in [-0.1, -0.05) is 6.07 Å². The molecule has 2 N–H and O–H groups in total. The van der Waals surface area contributed by atoms with Crippen molar-refractivity contribution in [1.29, 1.82) is 0 Å². The molecule has 110 valence electrons. The molecule has 1 heterocycles. The van der Waals surface area contributed by atoms with Gasteiger partial charge in [0.05, 0.1) is 11.4 Å². The lowest BCUT2D eigenvalue weighted by Crippen LogP contribution is -2.27. The fourth-order valence-corrected chi connectivity index (χ4v) is 3.20. The van der Waals surface area contributed by atoms with Gasteiger partial charge in [-0.15, -0.1) is 3.89 Å². The first-order chi connectivity index (χ1) is 9.31. The summed E-state index contributed by atoms with van der Waals surface area (Å²) in [6.07, 6.45) is -0.0797. The van der Waals surface area contributed by atoms with Crippen molar-refractivity contribution >= 4 is 21.8 Å². The number of benzene rings is 1. The van der Waals surface area contributed by atoms with Crippen LogP contribution in [-0.2, 0) is 21.6 Å². The zero-order chi connectivity index (χ0) is 14.9. The van der Waals surface area contributed by atoms with Crippen LogP contribution in [0.25, 0.3) is 0 Å². The number of carbonyl (C=O) groups excluding carboxylic acids is 1. The van der Waals surface area contributed by atoms with Gasteiger partial charge in [0.1, 0.15) is 5.82 Å². The molecule has 0 aromatic heterocycles. The van der Waals surface area contributed by atoms with Crippen molar-refractivity contribution in [3.05, 3.63) is 29.6 Å². The van der Waals surface area contributed by atoms with Gasteiger partial charge in [0.2, 0.25) is 5.91 Å². The molecule has 0 spiro atoms. The van der Waals surface area contributed by atoms with Crippen LogP contribution in [-0.4, -0.2) is 26.6 Å². The molecule has 5 nitrogen and oxygen atoms in total. The van der Waals surface area contributed by atoms with Crippen molar-refractivity contribution in [2.24, 2.45) is 11.7 Å². The largest absolute Gasteiger partial charge is 0.326 e. The summed E-state index contributed by atoms with van der Waals surface area (Å²) in [6.45, 7) is -0.0453. The van der Waals surface area contributed by atoms with Crippen LogP contribution in [0.5, 0.6) is 0 Å². The first-order valence-electron chi connectivity index (χ1n) is 6.02. The van der Waals surface area contributed by atoms with E-state index in [4.69, 9.17) is 5.73 Å². The Morgan fingerprint density at radius 3 is 2.70 bits per heavy atom. The van der Waals surface area contributed by atoms with Gasteiger partial charge < -0.3 is 10.6 Å². The Labute approximate surface area is 115 Å². The van der Waals surface area contributed by atoms with Gasteiger partial charge in [-0.05, 0) is 12.1 Å². The maximum Gasteiger partial charge on any atom is 0.302 e. The number of hydrogen-bond donors (Lipinski definition) is 1. The summed E-state index contributed by atoms with van der Waals surface area (Å²) in [4.78, 5) is 13.2. The van der Waals surface area contributed by atoms with Crippen LogP contribution in [0.2, 0.25) is 0 Å². The minimum absolute atomic E-state index is 0.0401. The molecule has 20 heavy (non-hydrogen) atoms. The molecular formula is C12H14F2N2O3S. The van der Waals surface area contributed by atoms with Crippen LogP contribution < -0.4 is 10.6 Å². The second-order valence-corrected chi connectivity index (χ2v) is 6.13. The van der Waals surface area contributed by atoms with Crippen LogP contribution >= 0.6 is 0 Å². The third-order valence-corrected chi connectivity index (χ3v) is 4.10. The molecule has 1 amide bonds. The maximum absolute atomic E-state index is 13.6. The quantitative estimate of drug-likeness (QED) is 0.839. The van der Waals surface area contributed by atoms with Gasteiger partial charge in [-0.25, -0.2) is 4.39 Å². The molecule has 8 heteroatoms. The van der Waals surface area contributed by atoms with E-state index >= 15 is 0 Å². The Hall–Kier alpha value is -1.54. The number of rotatable bonds is 4. The first kappa shape index (κ1) is 14.9. The number of anilines is 1. The molecule has 1 aromatic carbocycles. The predicted octanol–water partition coefficient (Wildman–Crippen LogP) is 0.937. The minimum atomic E-state index is -4.64. The lowest BCUT2D eigenvalue weighted by molar-refractivity contribution is -0.117. The summed E-state index contributed by atoms with van der Waals surface area (Å²) in [7, 11) is -4.64. The molecule has 2 rings (SSSR count). The highest BCUT2D eigenvalue weighted by molar-refractivity contribution is 7.86. The van der Waals surface area contributed by atoms with E-state index in [2.05, 4.69) is 0 Å². The molecule has 1 aliphatic rings. The molecule has 0 aliphatic carbocycles. The number of nitrogens with zero attached hydrogens (tertiary/aromatic N) is 1. The Bertz CT molecular complexity index is 634. The van der Waals surface area contributed by atoms with E-state index in [1.165, 1.54) is 23.1 Å². The molecule has 0 radical (unpaired) electrons. The van der Waals surface area contributed by atoms with Crippen molar-refractivity contribution in [2.45, 2.75) is 13.0 Å². The summed E-state index contributed by atoms with van der Waals surface area (Å²) < 4.78 is 47.6. The smallest absolute Gasteiger partial charge is 0.302 e. The van der Waals surface area contributed by atoms with Crippen LogP contribution in [0.4, 0.5) is 14.0 Å². The van der Waals surface area contributed by atoms with Crippen LogP contribution in [0.3, 0.4) is 0 Å². The monoisotopic (exact) mass is 304 g/mol. The standard InChI is InChI=1S/C12H14F2N2O3S/c13-10-2-1-3-11(9(10)5-15)16-6-8(4-12(16)17)7-20(14,18)19/h1-3,8H,4-7,15H2. The lowest BCUT2D eigenvalue weighted by atomic mass is 10.1. The van der Waals surface area contributed by atoms with E-state index in [-0.39, 0.29) is 31.0 Å². The van der Waals surface area contributed by atoms with Gasteiger partial charge in [0, 0.05) is 31.0 Å². The zero-order valence-corrected chi connectivity index (χ0v) is 11.4. The van der Waals surface area contributed by atoms with Crippen molar-refractivity contribution < 1.29 is 21.5 Å². The molecule has 1 unspecified atom stereocenters. The van der Waals surface area contributed by atoms with Crippen LogP contribution in [0.15, 0.2) is 18.2 Å². The number of halogens is 2. The van der Waals surface area contributed by atoms with Gasteiger partial charge in [0.25, 0.3) is 0 Å². The second-order valence-electron chi connectivity index (χ2n) is 4.72. The van der Waals surface area contributed by atoms with E-state index in [1.807, 2.05) is 0 Å². The Balaban J connectivity index is 2.27. The van der Waals surface area contributed by atoms with E-state index in [1.54, 1.807) is 0 Å².